The average molecular weight is 430 g/mol. The zero-order chi connectivity index (χ0) is 18.7. The van der Waals surface area contributed by atoms with E-state index >= 15 is 0 Å². The molecule has 1 atom stereocenters. The number of aromatic nitrogens is 4. The Morgan fingerprint density at radius 3 is 2.89 bits per heavy atom. The number of hydrogen-bond donors (Lipinski definition) is 2. The van der Waals surface area contributed by atoms with Crippen molar-refractivity contribution in [2.75, 3.05) is 24.6 Å². The molecule has 0 bridgehead atoms. The fraction of sp³-hybridized carbons (Fsp3) is 0.294. The fourth-order valence-electron chi connectivity index (χ4n) is 3.59. The van der Waals surface area contributed by atoms with E-state index in [9.17, 15) is 4.79 Å². The molecule has 1 aromatic carbocycles. The maximum Gasteiger partial charge on any atom is 0.264 e. The van der Waals surface area contributed by atoms with Crippen LogP contribution in [0, 0.1) is 0 Å². The number of nitrogens with two attached hydrogens (primary N) is 2. The predicted octanol–water partition coefficient (Wildman–Crippen LogP) is 1.14. The molecule has 5 rings (SSSR count). The number of imidazole rings is 1. The molecule has 0 saturated carbocycles. The van der Waals surface area contributed by atoms with Gasteiger partial charge in [-0.3, -0.25) is 4.79 Å². The van der Waals surface area contributed by atoms with E-state index in [4.69, 9.17) is 16.2 Å². The van der Waals surface area contributed by atoms with Gasteiger partial charge >= 0.3 is 0 Å². The molecule has 2 aliphatic rings. The van der Waals surface area contributed by atoms with Crippen molar-refractivity contribution in [3.8, 4) is 5.75 Å². The lowest BCUT2D eigenvalue weighted by Gasteiger charge is -2.40. The van der Waals surface area contributed by atoms with Crippen LogP contribution in [0.25, 0.3) is 11.2 Å². The Morgan fingerprint density at radius 2 is 2.07 bits per heavy atom. The highest BCUT2D eigenvalue weighted by atomic mass is 79.9. The highest BCUT2D eigenvalue weighted by Crippen LogP contribution is 2.34. The van der Waals surface area contributed by atoms with Crippen LogP contribution in [0.1, 0.15) is 11.6 Å². The van der Waals surface area contributed by atoms with E-state index in [2.05, 4.69) is 30.9 Å². The lowest BCUT2D eigenvalue weighted by molar-refractivity contribution is -0.143. The maximum absolute atomic E-state index is 12.8. The molecule has 2 aromatic heterocycles. The SMILES string of the molecule is Nc1nc(N)c2ncn(C3CN(C(=O)C4Cc5cc(Br)ccc5O4)C3)c2n1. The Morgan fingerprint density at radius 1 is 1.26 bits per heavy atom. The van der Waals surface area contributed by atoms with Gasteiger partial charge in [0, 0.05) is 24.0 Å². The Labute approximate surface area is 162 Å². The minimum absolute atomic E-state index is 0.00310. The smallest absolute Gasteiger partial charge is 0.264 e. The molecule has 2 aliphatic heterocycles. The first-order chi connectivity index (χ1) is 13.0. The topological polar surface area (TPSA) is 125 Å². The molecule has 10 heteroatoms. The standard InChI is InChI=1S/C17H16BrN7O2/c18-9-1-2-11-8(3-9)4-12(27-11)16(26)24-5-10(6-24)25-7-21-13-14(19)22-17(20)23-15(13)25/h1-3,7,10,12H,4-6H2,(H4,19,20,22,23). The molecule has 27 heavy (non-hydrogen) atoms. The Balaban J connectivity index is 1.30. The van der Waals surface area contributed by atoms with Gasteiger partial charge in [0.05, 0.1) is 12.4 Å². The zero-order valence-corrected chi connectivity index (χ0v) is 15.8. The van der Waals surface area contributed by atoms with Crippen molar-refractivity contribution in [1.29, 1.82) is 0 Å². The highest BCUT2D eigenvalue weighted by Gasteiger charge is 2.39. The third-order valence-corrected chi connectivity index (χ3v) is 5.50. The minimum Gasteiger partial charge on any atom is -0.480 e. The monoisotopic (exact) mass is 429 g/mol. The lowest BCUT2D eigenvalue weighted by atomic mass is 10.0. The van der Waals surface area contributed by atoms with Crippen molar-refractivity contribution >= 4 is 44.8 Å². The van der Waals surface area contributed by atoms with Gasteiger partial charge in [-0.25, -0.2) is 4.98 Å². The van der Waals surface area contributed by atoms with Crippen LogP contribution in [-0.2, 0) is 11.2 Å². The summed E-state index contributed by atoms with van der Waals surface area (Å²) in [5.41, 5.74) is 13.7. The van der Waals surface area contributed by atoms with Crippen LogP contribution >= 0.6 is 15.9 Å². The Hall–Kier alpha value is -2.88. The number of amides is 1. The molecule has 9 nitrogen and oxygen atoms in total. The van der Waals surface area contributed by atoms with E-state index in [0.717, 1.165) is 15.8 Å². The van der Waals surface area contributed by atoms with E-state index in [1.54, 1.807) is 11.2 Å². The summed E-state index contributed by atoms with van der Waals surface area (Å²) in [6.45, 7) is 1.13. The molecule has 138 valence electrons. The van der Waals surface area contributed by atoms with Gasteiger partial charge in [-0.15, -0.1) is 0 Å². The first-order valence-corrected chi connectivity index (χ1v) is 9.28. The molecule has 1 unspecified atom stereocenters. The van der Waals surface area contributed by atoms with Gasteiger partial charge in [-0.05, 0) is 23.8 Å². The second-order valence-corrected chi connectivity index (χ2v) is 7.67. The second kappa shape index (κ2) is 5.81. The number of nitrogens with zero attached hydrogens (tertiary/aromatic N) is 5. The molecule has 0 radical (unpaired) electrons. The Kier molecular flexibility index (Phi) is 3.51. The van der Waals surface area contributed by atoms with Crippen LogP contribution in [0.5, 0.6) is 5.75 Å². The van der Waals surface area contributed by atoms with Crippen LogP contribution in [0.3, 0.4) is 0 Å². The van der Waals surface area contributed by atoms with Crippen LogP contribution in [0.4, 0.5) is 11.8 Å². The summed E-state index contributed by atoms with van der Waals surface area (Å²) in [6, 6.07) is 5.87. The van der Waals surface area contributed by atoms with Gasteiger partial charge in [-0.1, -0.05) is 15.9 Å². The van der Waals surface area contributed by atoms with E-state index in [-0.39, 0.29) is 23.7 Å². The number of ether oxygens (including phenoxy) is 1. The first-order valence-electron chi connectivity index (χ1n) is 8.49. The van der Waals surface area contributed by atoms with Gasteiger partial charge < -0.3 is 25.7 Å². The van der Waals surface area contributed by atoms with Crippen LogP contribution in [0.2, 0.25) is 0 Å². The van der Waals surface area contributed by atoms with Gasteiger partial charge in [0.2, 0.25) is 5.95 Å². The minimum atomic E-state index is -0.469. The van der Waals surface area contributed by atoms with Gasteiger partial charge in [0.25, 0.3) is 5.91 Å². The Bertz CT molecular complexity index is 1080. The molecule has 0 spiro atoms. The van der Waals surface area contributed by atoms with Crippen LogP contribution in [0.15, 0.2) is 29.0 Å². The van der Waals surface area contributed by atoms with Gasteiger partial charge in [0.1, 0.15) is 11.3 Å². The second-order valence-electron chi connectivity index (χ2n) is 6.75. The third-order valence-electron chi connectivity index (χ3n) is 5.01. The molecule has 4 heterocycles. The number of carbonyl (C=O) groups excluding carboxylic acids is 1. The lowest BCUT2D eigenvalue weighted by Crippen LogP contribution is -2.54. The van der Waals surface area contributed by atoms with Crippen molar-refractivity contribution in [2.24, 2.45) is 0 Å². The summed E-state index contributed by atoms with van der Waals surface area (Å²) in [5, 5.41) is 0. The van der Waals surface area contributed by atoms with Gasteiger partial charge in [-0.2, -0.15) is 9.97 Å². The summed E-state index contributed by atoms with van der Waals surface area (Å²) in [5.74, 6) is 1.14. The molecule has 1 amide bonds. The number of nitrogen functional groups attached to an aromatic ring is 2. The summed E-state index contributed by atoms with van der Waals surface area (Å²) in [6.07, 6.45) is 1.79. The maximum atomic E-state index is 12.8. The fourth-order valence-corrected chi connectivity index (χ4v) is 4.00. The molecular weight excluding hydrogens is 414 g/mol. The highest BCUT2D eigenvalue weighted by molar-refractivity contribution is 9.10. The number of fused-ring (bicyclic) bond motifs is 2. The van der Waals surface area contributed by atoms with E-state index in [0.29, 0.717) is 30.7 Å². The molecule has 0 aliphatic carbocycles. The number of rotatable bonds is 2. The van der Waals surface area contributed by atoms with Crippen LogP contribution < -0.4 is 16.2 Å². The number of hydrogen-bond acceptors (Lipinski definition) is 7. The van der Waals surface area contributed by atoms with E-state index in [1.807, 2.05) is 22.8 Å². The third kappa shape index (κ3) is 2.59. The molecule has 3 aromatic rings. The summed E-state index contributed by atoms with van der Waals surface area (Å²) >= 11 is 3.45. The molecule has 4 N–H and O–H groups in total. The largest absolute Gasteiger partial charge is 0.480 e. The first kappa shape index (κ1) is 16.3. The number of carbonyl (C=O) groups is 1. The average Bonchev–Trinajstić information content (AvgIpc) is 3.17. The quantitative estimate of drug-likeness (QED) is 0.625. The van der Waals surface area contributed by atoms with Gasteiger partial charge in [0.15, 0.2) is 17.6 Å². The molecular formula is C17H16BrN7O2. The summed E-state index contributed by atoms with van der Waals surface area (Å²) < 4.78 is 8.70. The number of halogens is 1. The van der Waals surface area contributed by atoms with Crippen molar-refractivity contribution in [3.63, 3.8) is 0 Å². The van der Waals surface area contributed by atoms with Crippen molar-refractivity contribution in [1.82, 2.24) is 24.4 Å². The zero-order valence-electron chi connectivity index (χ0n) is 14.2. The van der Waals surface area contributed by atoms with Crippen LogP contribution in [-0.4, -0.2) is 49.5 Å². The van der Waals surface area contributed by atoms with E-state index in [1.165, 1.54) is 0 Å². The number of benzene rings is 1. The number of likely N-dealkylation sites (tertiary alicyclic amines) is 1. The molecule has 1 fully saturated rings. The van der Waals surface area contributed by atoms with Crippen molar-refractivity contribution in [3.05, 3.63) is 34.6 Å². The normalized spacial score (nSPS) is 19.0. The number of anilines is 2. The van der Waals surface area contributed by atoms with E-state index < -0.39 is 6.10 Å². The van der Waals surface area contributed by atoms with Crippen molar-refractivity contribution < 1.29 is 9.53 Å². The predicted molar refractivity (Wildman–Crippen MR) is 102 cm³/mol. The van der Waals surface area contributed by atoms with Crippen molar-refractivity contribution in [2.45, 2.75) is 18.6 Å². The summed E-state index contributed by atoms with van der Waals surface area (Å²) in [7, 11) is 0. The molecule has 1 saturated heterocycles. The summed E-state index contributed by atoms with van der Waals surface area (Å²) in [4.78, 5) is 27.0.